The molecule has 46 valence electrons. The van der Waals surface area contributed by atoms with Gasteiger partial charge in [0.2, 0.25) is 0 Å². The van der Waals surface area contributed by atoms with Crippen molar-refractivity contribution in [2.24, 2.45) is 0 Å². The van der Waals surface area contributed by atoms with Crippen molar-refractivity contribution in [3.63, 3.8) is 0 Å². The zero-order chi connectivity index (χ0) is 7.66. The fourth-order valence-electron chi connectivity index (χ4n) is 0.385. The SMILES string of the molecule is [B][B][B][B][B][B][B][B][B][B].[NH4+].[NH4+]. The summed E-state index contributed by atoms with van der Waals surface area (Å²) in [4.78, 5) is 0. The predicted molar refractivity (Wildman–Crippen MR) is 69.5 cm³/mol. The van der Waals surface area contributed by atoms with Crippen LogP contribution in [0.4, 0.5) is 0 Å². The molecule has 12 heteroatoms. The molecule has 0 atom stereocenters. The van der Waals surface area contributed by atoms with Crippen molar-refractivity contribution in [1.82, 2.24) is 12.3 Å². The molecule has 0 aliphatic heterocycles. The third-order valence-electron chi connectivity index (χ3n) is 0.778. The van der Waals surface area contributed by atoms with Gasteiger partial charge in [0.1, 0.15) is 0 Å². The number of hydrogen-bond acceptors (Lipinski definition) is 0. The van der Waals surface area contributed by atoms with Crippen LogP contribution in [0.2, 0.25) is 0 Å². The maximum Gasteiger partial charge on any atom is 0 e. The highest BCUT2D eigenvalue weighted by Gasteiger charge is 1.92. The molecule has 0 bridgehead atoms. The molecule has 0 aromatic rings. The summed E-state index contributed by atoms with van der Waals surface area (Å²) < 4.78 is 0. The summed E-state index contributed by atoms with van der Waals surface area (Å²) in [6.07, 6.45) is 0. The summed E-state index contributed by atoms with van der Waals surface area (Å²) in [6.45, 7) is 0. The minimum absolute atomic E-state index is 0. The van der Waals surface area contributed by atoms with Crippen molar-refractivity contribution in [2.75, 3.05) is 0 Å². The van der Waals surface area contributed by atoms with E-state index in [1.54, 1.807) is 14.1 Å². The Morgan fingerprint density at radius 1 is 0.500 bits per heavy atom. The van der Waals surface area contributed by atoms with Gasteiger partial charge in [-0.3, -0.25) is 0 Å². The van der Waals surface area contributed by atoms with Crippen LogP contribution in [0.25, 0.3) is 0 Å². The molecule has 0 rings (SSSR count). The summed E-state index contributed by atoms with van der Waals surface area (Å²) in [5.41, 5.74) is 0. The Bertz CT molecular complexity index is 47.8. The maximum atomic E-state index is 5.08. The van der Waals surface area contributed by atoms with Gasteiger partial charge in [0, 0.05) is 72.0 Å². The van der Waals surface area contributed by atoms with Gasteiger partial charge in [-0.2, -0.15) is 0 Å². The van der Waals surface area contributed by atoms with E-state index in [1.807, 2.05) is 28.2 Å². The Morgan fingerprint density at radius 3 is 1.00 bits per heavy atom. The first kappa shape index (κ1) is 18.4. The highest BCUT2D eigenvalue weighted by atomic mass is 14.0. The molecule has 0 saturated heterocycles. The van der Waals surface area contributed by atoms with Crippen molar-refractivity contribution in [2.45, 2.75) is 0 Å². The van der Waals surface area contributed by atoms with E-state index < -0.39 is 0 Å². The molecule has 0 aromatic carbocycles. The van der Waals surface area contributed by atoms with Crippen molar-refractivity contribution < 1.29 is 0 Å². The highest BCUT2D eigenvalue weighted by molar-refractivity contribution is 7.68. The van der Waals surface area contributed by atoms with E-state index in [4.69, 9.17) is 15.5 Å². The van der Waals surface area contributed by atoms with Crippen LogP contribution in [-0.4, -0.2) is 72.0 Å². The molecular weight excluding hydrogens is 136 g/mol. The standard InChI is InChI=1S/B10.2H3N/c1-3-5-7-9-10-8-6-4-2;;/h;2*1H3/p+2. The highest BCUT2D eigenvalue weighted by Crippen LogP contribution is 1.54. The summed E-state index contributed by atoms with van der Waals surface area (Å²) in [7, 11) is 24.0. The molecule has 0 heterocycles. The zero-order valence-corrected chi connectivity index (χ0v) is 7.77. The van der Waals surface area contributed by atoms with Gasteiger partial charge in [-0.25, -0.2) is 0 Å². The van der Waals surface area contributed by atoms with Crippen LogP contribution in [-0.2, 0) is 0 Å². The second-order valence-electron chi connectivity index (χ2n) is 1.54. The lowest BCUT2D eigenvalue weighted by Crippen LogP contribution is -2.30. The fourth-order valence-corrected chi connectivity index (χ4v) is 0.385. The third-order valence-corrected chi connectivity index (χ3v) is 0.778. The number of hydrogen-bond donors (Lipinski definition) is 2. The van der Waals surface area contributed by atoms with Crippen molar-refractivity contribution in [3.05, 3.63) is 0 Å². The Labute approximate surface area is 84.7 Å². The summed E-state index contributed by atoms with van der Waals surface area (Å²) in [5, 5.41) is 0. The van der Waals surface area contributed by atoms with Crippen molar-refractivity contribution >= 4 is 72.0 Å². The molecule has 0 spiro atoms. The second-order valence-corrected chi connectivity index (χ2v) is 1.54. The molecule has 12 radical (unpaired) electrons. The van der Waals surface area contributed by atoms with Crippen molar-refractivity contribution in [1.29, 1.82) is 0 Å². The molecule has 2 nitrogen and oxygen atoms in total. The first-order chi connectivity index (χ1) is 4.91. The Hall–Kier alpha value is 0.569. The van der Waals surface area contributed by atoms with Crippen LogP contribution >= 0.6 is 0 Å². The van der Waals surface area contributed by atoms with Gasteiger partial charge in [-0.15, -0.1) is 0 Å². The van der Waals surface area contributed by atoms with E-state index in [1.165, 1.54) is 14.1 Å². The van der Waals surface area contributed by atoms with Gasteiger partial charge in [0.05, 0.1) is 0 Å². The molecule has 0 saturated carbocycles. The molecule has 0 aliphatic carbocycles. The van der Waals surface area contributed by atoms with Crippen LogP contribution in [0.15, 0.2) is 0 Å². The van der Waals surface area contributed by atoms with Crippen molar-refractivity contribution in [3.8, 4) is 0 Å². The topological polar surface area (TPSA) is 73.0 Å². The van der Waals surface area contributed by atoms with Gasteiger partial charge < -0.3 is 12.3 Å². The van der Waals surface area contributed by atoms with Gasteiger partial charge in [-0.05, 0) is 0 Å². The van der Waals surface area contributed by atoms with Gasteiger partial charge in [0.25, 0.3) is 0 Å². The average molecular weight is 144 g/mol. The summed E-state index contributed by atoms with van der Waals surface area (Å²) in [6, 6.07) is 0. The van der Waals surface area contributed by atoms with Gasteiger partial charge >= 0.3 is 0 Å². The van der Waals surface area contributed by atoms with Crippen LogP contribution in [0.1, 0.15) is 0 Å². The van der Waals surface area contributed by atoms with Gasteiger partial charge in [-0.1, -0.05) is 0 Å². The second kappa shape index (κ2) is 17.6. The number of rotatable bonds is 7. The molecule has 0 aromatic heterocycles. The Balaban J connectivity index is -0.000000405. The maximum absolute atomic E-state index is 5.08. The van der Waals surface area contributed by atoms with E-state index in [2.05, 4.69) is 0 Å². The largest absolute Gasteiger partial charge is 0.369 e. The van der Waals surface area contributed by atoms with E-state index in [0.29, 0.717) is 0 Å². The third kappa shape index (κ3) is 16.9. The summed E-state index contributed by atoms with van der Waals surface area (Å²) in [5.74, 6) is 0. The lowest BCUT2D eigenvalue weighted by Gasteiger charge is -1.92. The fraction of sp³-hybridized carbons (Fsp3) is 0. The molecule has 0 aliphatic rings. The average Bonchev–Trinajstić information content (AvgIpc) is 1.97. The normalized spacial score (nSPS) is 5.67. The summed E-state index contributed by atoms with van der Waals surface area (Å²) >= 11 is 0. The number of quaternary nitrogens is 2. The van der Waals surface area contributed by atoms with E-state index in [9.17, 15) is 0 Å². The smallest absolute Gasteiger partial charge is 0 e. The van der Waals surface area contributed by atoms with E-state index in [0.717, 1.165) is 0 Å². The van der Waals surface area contributed by atoms with E-state index in [-0.39, 0.29) is 12.3 Å². The first-order valence-electron chi connectivity index (χ1n) is 3.00. The minimum atomic E-state index is 0. The minimum Gasteiger partial charge on any atom is -0.369 e. The van der Waals surface area contributed by atoms with Crippen LogP contribution in [0.3, 0.4) is 0 Å². The van der Waals surface area contributed by atoms with Gasteiger partial charge in [0.15, 0.2) is 0 Å². The predicted octanol–water partition coefficient (Wildman–Crippen LogP) is -3.06. The monoisotopic (exact) mass is 146 g/mol. The molecule has 12 heavy (non-hydrogen) atoms. The van der Waals surface area contributed by atoms with Crippen LogP contribution < -0.4 is 12.3 Å². The molecule has 0 amide bonds. The first-order valence-corrected chi connectivity index (χ1v) is 3.00. The molecule has 0 unspecified atom stereocenters. The zero-order valence-electron chi connectivity index (χ0n) is 7.77. The molecule has 0 fully saturated rings. The van der Waals surface area contributed by atoms with Crippen LogP contribution in [0.5, 0.6) is 0 Å². The lowest BCUT2D eigenvalue weighted by atomic mass is 8.89. The Kier molecular flexibility index (Phi) is 26.9. The van der Waals surface area contributed by atoms with E-state index >= 15 is 0 Å². The van der Waals surface area contributed by atoms with Crippen LogP contribution in [0, 0.1) is 0 Å². The lowest BCUT2D eigenvalue weighted by molar-refractivity contribution is 2.13. The molecular formula is H8B10N2+2. The molecule has 8 N–H and O–H groups in total. The quantitative estimate of drug-likeness (QED) is 0.281. The Morgan fingerprint density at radius 2 is 0.750 bits per heavy atom.